The topological polar surface area (TPSA) is 57.6 Å². The number of hydrogen-bond donors (Lipinski definition) is 1. The van der Waals surface area contributed by atoms with Crippen molar-refractivity contribution in [2.75, 3.05) is 23.0 Å². The zero-order chi connectivity index (χ0) is 21.1. The van der Waals surface area contributed by atoms with Crippen LogP contribution in [-0.4, -0.2) is 31.6 Å². The molecule has 29 heavy (non-hydrogen) atoms. The van der Waals surface area contributed by atoms with Crippen molar-refractivity contribution in [1.82, 2.24) is 0 Å². The monoisotopic (exact) mass is 433 g/mol. The fourth-order valence-corrected chi connectivity index (χ4v) is 7.04. The minimum atomic E-state index is -3.53. The van der Waals surface area contributed by atoms with E-state index in [2.05, 4.69) is 18.7 Å². The van der Waals surface area contributed by atoms with Crippen molar-refractivity contribution >= 4 is 33.0 Å². The zero-order valence-electron chi connectivity index (χ0n) is 17.5. The molecule has 2 aromatic rings. The average molecular weight is 434 g/mol. The first-order valence-corrected chi connectivity index (χ1v) is 13.0. The minimum Gasteiger partial charge on any atom is -0.507 e. The maximum absolute atomic E-state index is 13.5. The quantitative estimate of drug-likeness (QED) is 0.541. The van der Waals surface area contributed by atoms with Crippen molar-refractivity contribution in [3.05, 3.63) is 42.5 Å². The molecule has 0 bridgehead atoms. The molecule has 0 fully saturated rings. The van der Waals surface area contributed by atoms with Crippen LogP contribution in [-0.2, 0) is 9.84 Å². The van der Waals surface area contributed by atoms with Crippen LogP contribution < -0.4 is 4.90 Å². The summed E-state index contributed by atoms with van der Waals surface area (Å²) in [4.78, 5) is 3.11. The fourth-order valence-electron chi connectivity index (χ4n) is 4.15. The van der Waals surface area contributed by atoms with Gasteiger partial charge in [-0.05, 0) is 36.8 Å². The molecule has 1 heterocycles. The molecule has 1 N–H and O–H groups in total. The number of para-hydroxylation sites is 1. The number of thioether (sulfide) groups is 1. The summed E-state index contributed by atoms with van der Waals surface area (Å²) in [5, 5.41) is 10.5. The van der Waals surface area contributed by atoms with Crippen molar-refractivity contribution in [1.29, 1.82) is 0 Å². The van der Waals surface area contributed by atoms with Gasteiger partial charge in [-0.1, -0.05) is 51.8 Å². The second-order valence-electron chi connectivity index (χ2n) is 7.86. The number of aromatic hydroxyl groups is 1. The number of unbranched alkanes of at least 4 members (excludes halogenated alkanes) is 1. The number of hydrogen-bond acceptors (Lipinski definition) is 5. The molecule has 0 saturated carbocycles. The van der Waals surface area contributed by atoms with Crippen LogP contribution in [0.25, 0.3) is 0 Å². The molecule has 0 aliphatic carbocycles. The van der Waals surface area contributed by atoms with Crippen LogP contribution in [0.2, 0.25) is 0 Å². The molecular weight excluding hydrogens is 402 g/mol. The average Bonchev–Trinajstić information content (AvgIpc) is 2.81. The molecular formula is C23H31NO3S2. The molecule has 6 heteroatoms. The second kappa shape index (κ2) is 9.00. The molecule has 0 aromatic heterocycles. The van der Waals surface area contributed by atoms with Gasteiger partial charge in [0.05, 0.1) is 21.2 Å². The molecule has 2 aromatic carbocycles. The summed E-state index contributed by atoms with van der Waals surface area (Å²) in [5.74, 6) is 0.969. The first-order valence-electron chi connectivity index (χ1n) is 10.4. The summed E-state index contributed by atoms with van der Waals surface area (Å²) in [6, 6.07) is 13.3. The van der Waals surface area contributed by atoms with Gasteiger partial charge in [0.2, 0.25) is 0 Å². The first-order chi connectivity index (χ1) is 13.9. The van der Waals surface area contributed by atoms with Gasteiger partial charge in [0.25, 0.3) is 0 Å². The molecule has 3 rings (SSSR count). The van der Waals surface area contributed by atoms with Crippen LogP contribution in [0.3, 0.4) is 0 Å². The lowest BCUT2D eigenvalue weighted by molar-refractivity contribution is 0.290. The Kier molecular flexibility index (Phi) is 6.84. The highest BCUT2D eigenvalue weighted by Gasteiger charge is 2.41. The third-order valence-electron chi connectivity index (χ3n) is 5.83. The van der Waals surface area contributed by atoms with Gasteiger partial charge in [-0.15, -0.1) is 11.8 Å². The Balaban J connectivity index is 2.24. The van der Waals surface area contributed by atoms with Crippen molar-refractivity contribution in [2.24, 2.45) is 5.41 Å². The van der Waals surface area contributed by atoms with E-state index in [1.54, 1.807) is 0 Å². The summed E-state index contributed by atoms with van der Waals surface area (Å²) in [5.41, 5.74) is 1.34. The number of fused-ring (bicyclic) bond motifs is 1. The number of benzene rings is 2. The lowest BCUT2D eigenvalue weighted by Crippen LogP contribution is -2.37. The summed E-state index contributed by atoms with van der Waals surface area (Å²) < 4.78 is 27.0. The SMILES string of the molecule is CCCCC1(CC)CN(c2ccccc2)c2cc(SCC)c(O)cc2S(=O)(=O)C1. The Morgan fingerprint density at radius 1 is 1.14 bits per heavy atom. The smallest absolute Gasteiger partial charge is 0.181 e. The van der Waals surface area contributed by atoms with Gasteiger partial charge in [0.1, 0.15) is 5.75 Å². The molecule has 0 saturated heterocycles. The Morgan fingerprint density at radius 2 is 1.86 bits per heavy atom. The number of anilines is 2. The van der Waals surface area contributed by atoms with Crippen molar-refractivity contribution in [3.63, 3.8) is 0 Å². The molecule has 0 spiro atoms. The minimum absolute atomic E-state index is 0.0461. The highest BCUT2D eigenvalue weighted by atomic mass is 32.2. The Labute approximate surface area is 179 Å². The Morgan fingerprint density at radius 3 is 2.48 bits per heavy atom. The summed E-state index contributed by atoms with van der Waals surface area (Å²) in [7, 11) is -3.53. The number of nitrogens with zero attached hydrogens (tertiary/aromatic N) is 1. The number of rotatable bonds is 7. The number of phenols is 1. The Bertz CT molecular complexity index is 944. The molecule has 158 valence electrons. The zero-order valence-corrected chi connectivity index (χ0v) is 19.2. The largest absolute Gasteiger partial charge is 0.507 e. The van der Waals surface area contributed by atoms with E-state index >= 15 is 0 Å². The molecule has 1 atom stereocenters. The molecule has 1 aliphatic rings. The highest BCUT2D eigenvalue weighted by molar-refractivity contribution is 7.99. The van der Waals surface area contributed by atoms with E-state index in [9.17, 15) is 13.5 Å². The molecule has 1 aliphatic heterocycles. The van der Waals surface area contributed by atoms with Crippen LogP contribution in [0.15, 0.2) is 52.3 Å². The van der Waals surface area contributed by atoms with Gasteiger partial charge in [-0.3, -0.25) is 0 Å². The normalized spacial score (nSPS) is 20.9. The fraction of sp³-hybridized carbons (Fsp3) is 0.478. The van der Waals surface area contributed by atoms with Crippen LogP contribution in [0.4, 0.5) is 11.4 Å². The molecule has 4 nitrogen and oxygen atoms in total. The van der Waals surface area contributed by atoms with Gasteiger partial charge in [-0.25, -0.2) is 8.42 Å². The van der Waals surface area contributed by atoms with E-state index < -0.39 is 9.84 Å². The van der Waals surface area contributed by atoms with Crippen molar-refractivity contribution < 1.29 is 13.5 Å². The van der Waals surface area contributed by atoms with E-state index in [0.29, 0.717) is 12.2 Å². The van der Waals surface area contributed by atoms with E-state index in [4.69, 9.17) is 0 Å². The lowest BCUT2D eigenvalue weighted by Gasteiger charge is -2.36. The van der Waals surface area contributed by atoms with Crippen LogP contribution in [0.1, 0.15) is 46.5 Å². The summed E-state index contributed by atoms with van der Waals surface area (Å²) in [6.45, 7) is 6.92. The molecule has 1 unspecified atom stereocenters. The Hall–Kier alpha value is -1.66. The summed E-state index contributed by atoms with van der Waals surface area (Å²) in [6.07, 6.45) is 3.72. The first kappa shape index (κ1) is 22.0. The number of phenolic OH excluding ortho intramolecular Hbond substituents is 1. The van der Waals surface area contributed by atoms with E-state index in [0.717, 1.165) is 42.0 Å². The molecule has 0 amide bonds. The van der Waals surface area contributed by atoms with Gasteiger partial charge >= 0.3 is 0 Å². The van der Waals surface area contributed by atoms with E-state index in [1.165, 1.54) is 17.8 Å². The maximum atomic E-state index is 13.5. The second-order valence-corrected chi connectivity index (χ2v) is 11.1. The van der Waals surface area contributed by atoms with E-state index in [1.807, 2.05) is 43.3 Å². The van der Waals surface area contributed by atoms with Gasteiger partial charge in [0.15, 0.2) is 9.84 Å². The van der Waals surface area contributed by atoms with Crippen molar-refractivity contribution in [3.8, 4) is 5.75 Å². The predicted molar refractivity (Wildman–Crippen MR) is 122 cm³/mol. The van der Waals surface area contributed by atoms with Crippen LogP contribution >= 0.6 is 11.8 Å². The summed E-state index contributed by atoms with van der Waals surface area (Å²) >= 11 is 1.53. The highest BCUT2D eigenvalue weighted by Crippen LogP contribution is 2.47. The van der Waals surface area contributed by atoms with Gasteiger partial charge in [-0.2, -0.15) is 0 Å². The van der Waals surface area contributed by atoms with Crippen LogP contribution in [0, 0.1) is 5.41 Å². The van der Waals surface area contributed by atoms with Gasteiger partial charge in [0, 0.05) is 23.7 Å². The third kappa shape index (κ3) is 4.58. The van der Waals surface area contributed by atoms with Gasteiger partial charge < -0.3 is 10.0 Å². The predicted octanol–water partition coefficient (Wildman–Crippen LogP) is 6.02. The van der Waals surface area contributed by atoms with Crippen molar-refractivity contribution in [2.45, 2.75) is 56.2 Å². The van der Waals surface area contributed by atoms with Crippen LogP contribution in [0.5, 0.6) is 5.75 Å². The van der Waals surface area contributed by atoms with E-state index in [-0.39, 0.29) is 21.8 Å². The maximum Gasteiger partial charge on any atom is 0.181 e. The molecule has 0 radical (unpaired) electrons. The lowest BCUT2D eigenvalue weighted by atomic mass is 9.81. The third-order valence-corrected chi connectivity index (χ3v) is 8.75. The standard InChI is InChI=1S/C23H31NO3S2/c1-4-7-13-23(5-2)16-24(18-11-9-8-10-12-18)19-14-21(28-6-3)20(25)15-22(19)29(26,27)17-23/h8-12,14-15,25H,4-7,13,16-17H2,1-3H3. The number of sulfone groups is 1.